The summed E-state index contributed by atoms with van der Waals surface area (Å²) in [7, 11) is 0. The Balaban J connectivity index is 1.71. The molecule has 1 atom stereocenters. The molecule has 2 aromatic carbocycles. The Morgan fingerprint density at radius 1 is 1.09 bits per heavy atom. The Hall–Kier alpha value is -1.91. The second kappa shape index (κ2) is 7.11. The van der Waals surface area contributed by atoms with Crippen molar-refractivity contribution in [3.8, 4) is 11.3 Å². The fourth-order valence-electron chi connectivity index (χ4n) is 2.21. The van der Waals surface area contributed by atoms with Crippen molar-refractivity contribution < 1.29 is 4.79 Å². The van der Waals surface area contributed by atoms with E-state index in [0.717, 1.165) is 21.2 Å². The average molecular weight is 339 g/mol. The van der Waals surface area contributed by atoms with Crippen LogP contribution < -0.4 is 0 Å². The maximum absolute atomic E-state index is 12.4. The monoisotopic (exact) mass is 339 g/mol. The second-order valence-electron chi connectivity index (χ2n) is 5.36. The molecule has 0 aliphatic heterocycles. The van der Waals surface area contributed by atoms with E-state index in [9.17, 15) is 4.79 Å². The molecule has 0 N–H and O–H groups in total. The van der Waals surface area contributed by atoms with Gasteiger partial charge in [-0.25, -0.2) is 4.98 Å². The van der Waals surface area contributed by atoms with Gasteiger partial charge in [0.2, 0.25) is 0 Å². The molecule has 1 aromatic heterocycles. The number of hydrogen-bond donors (Lipinski definition) is 0. The van der Waals surface area contributed by atoms with Gasteiger partial charge in [0.25, 0.3) is 0 Å². The van der Waals surface area contributed by atoms with Crippen LogP contribution in [0.15, 0.2) is 64.3 Å². The Morgan fingerprint density at radius 2 is 1.78 bits per heavy atom. The molecule has 3 aromatic rings. The molecule has 2 nitrogen and oxygen atoms in total. The number of nitrogens with zero attached hydrogens (tertiary/aromatic N) is 1. The fraction of sp³-hybridized carbons (Fsp3) is 0.158. The van der Waals surface area contributed by atoms with E-state index >= 15 is 0 Å². The SMILES string of the molecule is Cc1ccc(-c2csc(SC(C)C(=O)c3ccccc3)n2)cc1. The van der Waals surface area contributed by atoms with Gasteiger partial charge in [0.1, 0.15) is 0 Å². The lowest BCUT2D eigenvalue weighted by Crippen LogP contribution is -2.13. The van der Waals surface area contributed by atoms with E-state index in [0.29, 0.717) is 0 Å². The van der Waals surface area contributed by atoms with Crippen LogP contribution in [-0.2, 0) is 0 Å². The van der Waals surface area contributed by atoms with Crippen LogP contribution in [0.2, 0.25) is 0 Å². The van der Waals surface area contributed by atoms with Gasteiger partial charge in [-0.2, -0.15) is 0 Å². The molecule has 0 fully saturated rings. The normalized spacial score (nSPS) is 12.1. The number of aryl methyl sites for hydroxylation is 1. The van der Waals surface area contributed by atoms with E-state index < -0.39 is 0 Å². The third kappa shape index (κ3) is 3.89. The van der Waals surface area contributed by atoms with Gasteiger partial charge in [-0.15, -0.1) is 11.3 Å². The molecule has 4 heteroatoms. The maximum Gasteiger partial charge on any atom is 0.175 e. The van der Waals surface area contributed by atoms with Crippen molar-refractivity contribution in [2.45, 2.75) is 23.4 Å². The Labute approximate surface area is 144 Å². The minimum Gasteiger partial charge on any atom is -0.293 e. The molecule has 1 unspecified atom stereocenters. The van der Waals surface area contributed by atoms with E-state index in [1.165, 1.54) is 17.3 Å². The molecule has 0 radical (unpaired) electrons. The molecule has 0 spiro atoms. The number of aromatic nitrogens is 1. The topological polar surface area (TPSA) is 30.0 Å². The van der Waals surface area contributed by atoms with Crippen molar-refractivity contribution in [3.63, 3.8) is 0 Å². The molecule has 0 saturated heterocycles. The quantitative estimate of drug-likeness (QED) is 0.455. The van der Waals surface area contributed by atoms with E-state index in [1.54, 1.807) is 11.3 Å². The maximum atomic E-state index is 12.4. The summed E-state index contributed by atoms with van der Waals surface area (Å²) < 4.78 is 0.928. The lowest BCUT2D eigenvalue weighted by Gasteiger charge is -2.07. The summed E-state index contributed by atoms with van der Waals surface area (Å²) in [6.07, 6.45) is 0. The van der Waals surface area contributed by atoms with Crippen molar-refractivity contribution in [2.24, 2.45) is 0 Å². The highest BCUT2D eigenvalue weighted by molar-refractivity contribution is 8.02. The number of carbonyl (C=O) groups excluding carboxylic acids is 1. The van der Waals surface area contributed by atoms with E-state index in [4.69, 9.17) is 0 Å². The van der Waals surface area contributed by atoms with E-state index in [2.05, 4.69) is 36.2 Å². The van der Waals surface area contributed by atoms with E-state index in [-0.39, 0.29) is 11.0 Å². The first-order chi connectivity index (χ1) is 11.1. The first kappa shape index (κ1) is 16.0. The number of benzene rings is 2. The Morgan fingerprint density at radius 3 is 2.48 bits per heavy atom. The van der Waals surface area contributed by atoms with Gasteiger partial charge >= 0.3 is 0 Å². The molecule has 0 aliphatic rings. The number of thiazole rings is 1. The van der Waals surface area contributed by atoms with Crippen LogP contribution in [0.25, 0.3) is 11.3 Å². The second-order valence-corrected chi connectivity index (χ2v) is 7.80. The van der Waals surface area contributed by atoms with Gasteiger partial charge in [-0.05, 0) is 13.8 Å². The zero-order valence-corrected chi connectivity index (χ0v) is 14.7. The summed E-state index contributed by atoms with van der Waals surface area (Å²) in [5.41, 5.74) is 4.07. The van der Waals surface area contributed by atoms with Gasteiger partial charge in [0.05, 0.1) is 10.9 Å². The summed E-state index contributed by atoms with van der Waals surface area (Å²) in [4.78, 5) is 17.1. The van der Waals surface area contributed by atoms with Crippen LogP contribution in [0.5, 0.6) is 0 Å². The molecule has 0 bridgehead atoms. The summed E-state index contributed by atoms with van der Waals surface area (Å²) in [6, 6.07) is 17.8. The highest BCUT2D eigenvalue weighted by Crippen LogP contribution is 2.32. The fourth-order valence-corrected chi connectivity index (χ4v) is 4.26. The molecule has 1 heterocycles. The first-order valence-corrected chi connectivity index (χ1v) is 9.18. The van der Waals surface area contributed by atoms with Crippen LogP contribution in [0.1, 0.15) is 22.8 Å². The molecule has 0 aliphatic carbocycles. The molecule has 0 saturated carbocycles. The third-order valence-electron chi connectivity index (χ3n) is 3.54. The van der Waals surface area contributed by atoms with Crippen LogP contribution in [0.3, 0.4) is 0 Å². The first-order valence-electron chi connectivity index (χ1n) is 7.42. The summed E-state index contributed by atoms with van der Waals surface area (Å²) >= 11 is 3.11. The van der Waals surface area contributed by atoms with E-state index in [1.807, 2.05) is 42.6 Å². The molecular weight excluding hydrogens is 322 g/mol. The lowest BCUT2D eigenvalue weighted by atomic mass is 10.1. The van der Waals surface area contributed by atoms with Crippen LogP contribution in [0.4, 0.5) is 0 Å². The number of thioether (sulfide) groups is 1. The predicted molar refractivity (Wildman–Crippen MR) is 98.4 cm³/mol. The van der Waals surface area contributed by atoms with Crippen LogP contribution >= 0.6 is 23.1 Å². The zero-order valence-electron chi connectivity index (χ0n) is 13.0. The minimum absolute atomic E-state index is 0.141. The largest absolute Gasteiger partial charge is 0.293 e. The van der Waals surface area contributed by atoms with Gasteiger partial charge in [-0.3, -0.25) is 4.79 Å². The molecular formula is C19H17NOS2. The highest BCUT2D eigenvalue weighted by atomic mass is 32.2. The Bertz CT molecular complexity index is 794. The van der Waals surface area contributed by atoms with Crippen molar-refractivity contribution >= 4 is 28.9 Å². The van der Waals surface area contributed by atoms with Crippen molar-refractivity contribution in [1.29, 1.82) is 0 Å². The van der Waals surface area contributed by atoms with Crippen molar-refractivity contribution in [1.82, 2.24) is 4.98 Å². The highest BCUT2D eigenvalue weighted by Gasteiger charge is 2.18. The predicted octanol–water partition coefficient (Wildman–Crippen LogP) is 5.48. The molecule has 23 heavy (non-hydrogen) atoms. The van der Waals surface area contributed by atoms with Crippen molar-refractivity contribution in [3.05, 3.63) is 71.1 Å². The number of rotatable bonds is 5. The van der Waals surface area contributed by atoms with Crippen LogP contribution in [-0.4, -0.2) is 16.0 Å². The van der Waals surface area contributed by atoms with Gasteiger partial charge in [-0.1, -0.05) is 71.9 Å². The molecule has 116 valence electrons. The smallest absolute Gasteiger partial charge is 0.175 e. The zero-order chi connectivity index (χ0) is 16.2. The van der Waals surface area contributed by atoms with Crippen molar-refractivity contribution in [2.75, 3.05) is 0 Å². The van der Waals surface area contributed by atoms with Gasteiger partial charge in [0, 0.05) is 16.5 Å². The van der Waals surface area contributed by atoms with Gasteiger partial charge in [0.15, 0.2) is 10.1 Å². The third-order valence-corrected chi connectivity index (χ3v) is 5.61. The standard InChI is InChI=1S/C19H17NOS2/c1-13-8-10-15(11-9-13)17-12-22-19(20-17)23-14(2)18(21)16-6-4-3-5-7-16/h3-12,14H,1-2H3. The number of hydrogen-bond acceptors (Lipinski definition) is 4. The Kier molecular flexibility index (Phi) is 4.94. The number of Topliss-reactive ketones (excluding diaryl/α,β-unsaturated/α-hetero) is 1. The molecule has 0 amide bonds. The average Bonchev–Trinajstić information content (AvgIpc) is 3.04. The summed E-state index contributed by atoms with van der Waals surface area (Å²) in [5, 5.41) is 1.90. The molecule has 3 rings (SSSR count). The summed E-state index contributed by atoms with van der Waals surface area (Å²) in [6.45, 7) is 4.01. The van der Waals surface area contributed by atoms with Gasteiger partial charge < -0.3 is 0 Å². The van der Waals surface area contributed by atoms with Crippen LogP contribution in [0, 0.1) is 6.92 Å². The minimum atomic E-state index is -0.144. The number of ketones is 1. The lowest BCUT2D eigenvalue weighted by molar-refractivity contribution is 0.0994. The summed E-state index contributed by atoms with van der Waals surface area (Å²) in [5.74, 6) is 0.141. The number of carbonyl (C=O) groups is 1.